The van der Waals surface area contributed by atoms with Crippen molar-refractivity contribution in [3.05, 3.63) is 200 Å². The van der Waals surface area contributed by atoms with Crippen LogP contribution in [0.5, 0.6) is 0 Å². The number of para-hydroxylation sites is 1. The molecule has 0 unspecified atom stereocenters. The van der Waals surface area contributed by atoms with Crippen molar-refractivity contribution < 1.29 is 4.42 Å². The highest BCUT2D eigenvalue weighted by Gasteiger charge is 2.25. The van der Waals surface area contributed by atoms with E-state index in [1.165, 1.54) is 38.6 Å². The number of aromatic nitrogens is 3. The first-order valence-electron chi connectivity index (χ1n) is 20.3. The van der Waals surface area contributed by atoms with Crippen molar-refractivity contribution in [3.63, 3.8) is 0 Å². The van der Waals surface area contributed by atoms with Crippen LogP contribution in [0.2, 0.25) is 0 Å². The zero-order valence-corrected chi connectivity index (χ0v) is 32.7. The molecule has 0 radical (unpaired) electrons. The summed E-state index contributed by atoms with van der Waals surface area (Å²) in [6, 6.07) is 69.4. The van der Waals surface area contributed by atoms with Gasteiger partial charge < -0.3 is 4.42 Å². The van der Waals surface area contributed by atoms with Crippen molar-refractivity contribution in [2.75, 3.05) is 0 Å². The Morgan fingerprint density at radius 3 is 1.41 bits per heavy atom. The van der Waals surface area contributed by atoms with Crippen molar-refractivity contribution in [2.24, 2.45) is 0 Å². The van der Waals surface area contributed by atoms with Gasteiger partial charge in [0.1, 0.15) is 11.2 Å². The van der Waals surface area contributed by atoms with Gasteiger partial charge in [0, 0.05) is 27.5 Å². The van der Waals surface area contributed by atoms with Gasteiger partial charge in [0.25, 0.3) is 0 Å². The van der Waals surface area contributed by atoms with Gasteiger partial charge in [0.05, 0.1) is 11.6 Å². The molecule has 282 valence electrons. The normalized spacial score (nSPS) is 11.6. The molecular weight excluding hydrogens is 745 g/mol. The Bertz CT molecular complexity index is 3540. The van der Waals surface area contributed by atoms with E-state index in [-0.39, 0.29) is 0 Å². The fraction of sp³-hybridized carbons (Fsp3) is 0. The van der Waals surface area contributed by atoms with Crippen molar-refractivity contribution in [1.29, 1.82) is 5.26 Å². The Morgan fingerprint density at radius 1 is 0.311 bits per heavy atom. The van der Waals surface area contributed by atoms with Crippen LogP contribution in [0.1, 0.15) is 5.56 Å². The van der Waals surface area contributed by atoms with Gasteiger partial charge in [-0.25, -0.2) is 15.0 Å². The third-order valence-corrected chi connectivity index (χ3v) is 12.0. The molecule has 0 spiro atoms. The molecular formula is C56H32N4O. The predicted molar refractivity (Wildman–Crippen MR) is 246 cm³/mol. The molecule has 12 rings (SSSR count). The average molecular weight is 777 g/mol. The summed E-state index contributed by atoms with van der Waals surface area (Å²) >= 11 is 0. The third-order valence-electron chi connectivity index (χ3n) is 12.0. The summed E-state index contributed by atoms with van der Waals surface area (Å²) in [4.78, 5) is 15.1. The second kappa shape index (κ2) is 13.8. The summed E-state index contributed by atoms with van der Waals surface area (Å²) in [5.41, 5.74) is 16.8. The van der Waals surface area contributed by atoms with E-state index in [1.54, 1.807) is 0 Å². The minimum absolute atomic E-state index is 0.593. The SMILES string of the molecule is N#Cc1ccc(-c2ccc3c4c(ccc(-c5ccc(-c6ccc(-c7nc(-c8ccccc8)nc(-c8cccc9oc%10ccccc%10c89)n7)cc6)cc5)c24)-c2ccccc2-3)cc1. The summed E-state index contributed by atoms with van der Waals surface area (Å²) < 4.78 is 6.23. The molecule has 2 aromatic heterocycles. The number of fused-ring (bicyclic) bond motifs is 6. The molecule has 0 aliphatic heterocycles. The van der Waals surface area contributed by atoms with E-state index in [0.717, 1.165) is 66.4 Å². The lowest BCUT2D eigenvalue weighted by Crippen LogP contribution is -2.00. The maximum atomic E-state index is 9.50. The lowest BCUT2D eigenvalue weighted by atomic mass is 9.88. The minimum Gasteiger partial charge on any atom is -0.456 e. The molecule has 0 bridgehead atoms. The first-order chi connectivity index (χ1) is 30.2. The Morgan fingerprint density at radius 2 is 0.770 bits per heavy atom. The van der Waals surface area contributed by atoms with E-state index in [1.807, 2.05) is 72.8 Å². The largest absolute Gasteiger partial charge is 0.456 e. The van der Waals surface area contributed by atoms with Gasteiger partial charge in [-0.2, -0.15) is 5.26 Å². The monoisotopic (exact) mass is 776 g/mol. The van der Waals surface area contributed by atoms with Gasteiger partial charge in [-0.15, -0.1) is 0 Å². The lowest BCUT2D eigenvalue weighted by molar-refractivity contribution is 0.669. The summed E-state index contributed by atoms with van der Waals surface area (Å²) in [5.74, 6) is 1.80. The molecule has 2 heterocycles. The van der Waals surface area contributed by atoms with Crippen LogP contribution in [-0.4, -0.2) is 15.0 Å². The molecule has 5 heteroatoms. The average Bonchev–Trinajstić information content (AvgIpc) is 3.89. The first-order valence-corrected chi connectivity index (χ1v) is 20.3. The van der Waals surface area contributed by atoms with Gasteiger partial charge in [-0.1, -0.05) is 170 Å². The lowest BCUT2D eigenvalue weighted by Gasteiger charge is -2.15. The molecule has 0 saturated heterocycles. The molecule has 0 saturated carbocycles. The molecule has 11 aromatic rings. The highest BCUT2D eigenvalue weighted by molar-refractivity contribution is 6.22. The quantitative estimate of drug-likeness (QED) is 0.168. The predicted octanol–water partition coefficient (Wildman–Crippen LogP) is 14.4. The number of rotatable bonds is 6. The van der Waals surface area contributed by atoms with Gasteiger partial charge >= 0.3 is 0 Å². The van der Waals surface area contributed by atoms with Crippen molar-refractivity contribution in [2.45, 2.75) is 0 Å². The van der Waals surface area contributed by atoms with E-state index >= 15 is 0 Å². The van der Waals surface area contributed by atoms with Crippen LogP contribution in [0.3, 0.4) is 0 Å². The number of benzene rings is 9. The Labute approximate surface area is 351 Å². The molecule has 5 nitrogen and oxygen atoms in total. The molecule has 1 aliphatic rings. The van der Waals surface area contributed by atoms with Crippen molar-refractivity contribution >= 4 is 32.7 Å². The van der Waals surface area contributed by atoms with Crippen LogP contribution in [0.15, 0.2) is 199 Å². The van der Waals surface area contributed by atoms with Crippen molar-refractivity contribution in [1.82, 2.24) is 15.0 Å². The van der Waals surface area contributed by atoms with E-state index in [9.17, 15) is 5.26 Å². The number of hydrogen-bond donors (Lipinski definition) is 0. The molecule has 0 N–H and O–H groups in total. The molecule has 1 aliphatic carbocycles. The Balaban J connectivity index is 0.928. The van der Waals surface area contributed by atoms with Crippen LogP contribution < -0.4 is 0 Å². The number of nitrogens with zero attached hydrogens (tertiary/aromatic N) is 4. The van der Waals surface area contributed by atoms with E-state index in [0.29, 0.717) is 23.0 Å². The summed E-state index contributed by atoms with van der Waals surface area (Å²) in [5, 5.41) is 14.0. The Hall–Kier alpha value is -8.46. The summed E-state index contributed by atoms with van der Waals surface area (Å²) in [6.07, 6.45) is 0. The molecule has 0 amide bonds. The van der Waals surface area contributed by atoms with Crippen molar-refractivity contribution in [3.8, 4) is 95.9 Å². The molecule has 0 atom stereocenters. The fourth-order valence-corrected chi connectivity index (χ4v) is 9.06. The second-order valence-corrected chi connectivity index (χ2v) is 15.4. The zero-order valence-electron chi connectivity index (χ0n) is 32.7. The third kappa shape index (κ3) is 5.66. The standard InChI is InChI=1S/C56H32N4O/c57-33-34-17-19-37(20-18-34)41-29-31-45-43-11-4-5-12-44(43)46-32-30-42(52(41)53(45)46)38-25-21-35(22-26-38)36-23-27-40(28-24-36)55-58-54(39-9-2-1-3-10-39)59-56(60-55)48-14-8-16-50-51(48)47-13-6-7-15-49(47)61-50/h1-32H. The van der Waals surface area contributed by atoms with E-state index in [4.69, 9.17) is 19.4 Å². The van der Waals surface area contributed by atoms with Crippen LogP contribution in [0, 0.1) is 11.3 Å². The van der Waals surface area contributed by atoms with Crippen LogP contribution in [0.25, 0.3) is 123 Å². The minimum atomic E-state index is 0.593. The van der Waals surface area contributed by atoms with Gasteiger partial charge in [0.15, 0.2) is 17.5 Å². The highest BCUT2D eigenvalue weighted by atomic mass is 16.3. The smallest absolute Gasteiger partial charge is 0.164 e. The molecule has 0 fully saturated rings. The maximum absolute atomic E-state index is 9.50. The van der Waals surface area contributed by atoms with Gasteiger partial charge in [-0.3, -0.25) is 0 Å². The highest BCUT2D eigenvalue weighted by Crippen LogP contribution is 2.52. The number of hydrogen-bond acceptors (Lipinski definition) is 5. The summed E-state index contributed by atoms with van der Waals surface area (Å²) in [6.45, 7) is 0. The summed E-state index contributed by atoms with van der Waals surface area (Å²) in [7, 11) is 0. The number of furan rings is 1. The van der Waals surface area contributed by atoms with Crippen LogP contribution in [-0.2, 0) is 0 Å². The van der Waals surface area contributed by atoms with Gasteiger partial charge in [-0.05, 0) is 90.7 Å². The zero-order chi connectivity index (χ0) is 40.4. The first kappa shape index (κ1) is 34.6. The maximum Gasteiger partial charge on any atom is 0.164 e. The topological polar surface area (TPSA) is 75.6 Å². The Kier molecular flexibility index (Phi) is 7.84. The van der Waals surface area contributed by atoms with E-state index in [2.05, 4.69) is 127 Å². The van der Waals surface area contributed by atoms with Crippen LogP contribution >= 0.6 is 0 Å². The fourth-order valence-electron chi connectivity index (χ4n) is 9.06. The van der Waals surface area contributed by atoms with E-state index < -0.39 is 0 Å². The second-order valence-electron chi connectivity index (χ2n) is 15.4. The molecule has 61 heavy (non-hydrogen) atoms. The van der Waals surface area contributed by atoms with Crippen LogP contribution in [0.4, 0.5) is 0 Å². The number of nitriles is 1. The van der Waals surface area contributed by atoms with Gasteiger partial charge in [0.2, 0.25) is 0 Å². The molecule has 9 aromatic carbocycles.